The van der Waals surface area contributed by atoms with Gasteiger partial charge in [0.1, 0.15) is 0 Å². The Morgan fingerprint density at radius 1 is 0.714 bits per heavy atom. The zero-order valence-corrected chi connectivity index (χ0v) is 32.2. The molecule has 2 aromatic carbocycles. The van der Waals surface area contributed by atoms with Gasteiger partial charge in [0.15, 0.2) is 0 Å². The van der Waals surface area contributed by atoms with Crippen LogP contribution in [-0.2, 0) is 40.6 Å². The fourth-order valence-corrected chi connectivity index (χ4v) is 5.12. The van der Waals surface area contributed by atoms with Gasteiger partial charge in [-0.05, 0) is 17.4 Å². The molecular weight excluding hydrogens is 647 g/mol. The number of halogens is 2. The SMILES string of the molecule is CC(C)(C)c1c[c-]c2c(c1)-c1cc(C(C)(C)C)ccc1C2.Cl.Cl.[C-]1=CC=CC1.[CH-]1CCCCC1.[CH-]1CCCCC1.[Si]=[Zr]. The van der Waals surface area contributed by atoms with Crippen LogP contribution in [0.5, 0.6) is 0 Å². The number of allylic oxidation sites excluding steroid dienone is 4. The van der Waals surface area contributed by atoms with E-state index >= 15 is 0 Å². The molecule has 0 heterocycles. The van der Waals surface area contributed by atoms with E-state index in [0.717, 1.165) is 12.8 Å². The van der Waals surface area contributed by atoms with Crippen molar-refractivity contribution in [3.05, 3.63) is 95.8 Å². The molecule has 0 amide bonds. The second-order valence-electron chi connectivity index (χ2n) is 13.2. The molecule has 6 rings (SSSR count). The summed E-state index contributed by atoms with van der Waals surface area (Å²) in [7, 11) is 0. The Hall–Kier alpha value is -0.400. The Labute approximate surface area is 289 Å². The van der Waals surface area contributed by atoms with Crippen molar-refractivity contribution in [3.63, 3.8) is 0 Å². The van der Waals surface area contributed by atoms with Gasteiger partial charge >= 0.3 is 30.2 Å². The maximum atomic E-state index is 3.53. The molecule has 0 N–H and O–H groups in total. The number of rotatable bonds is 0. The van der Waals surface area contributed by atoms with E-state index in [0.29, 0.717) is 0 Å². The van der Waals surface area contributed by atoms with Crippen LogP contribution >= 0.6 is 24.8 Å². The molecule has 0 aromatic heterocycles. The van der Waals surface area contributed by atoms with Crippen molar-refractivity contribution in [1.82, 2.24) is 0 Å². The summed E-state index contributed by atoms with van der Waals surface area (Å²) in [5, 5.41) is 0. The summed E-state index contributed by atoms with van der Waals surface area (Å²) in [6, 6.07) is 15.1. The molecule has 2 saturated carbocycles. The summed E-state index contributed by atoms with van der Waals surface area (Å²) in [4.78, 5) is 0. The van der Waals surface area contributed by atoms with E-state index in [1.54, 1.807) is 0 Å². The van der Waals surface area contributed by atoms with Gasteiger partial charge in [0.25, 0.3) is 0 Å². The molecule has 0 aliphatic heterocycles. The van der Waals surface area contributed by atoms with E-state index in [9.17, 15) is 0 Å². The third-order valence-corrected chi connectivity index (χ3v) is 7.75. The van der Waals surface area contributed by atoms with Crippen molar-refractivity contribution in [3.8, 4) is 11.1 Å². The van der Waals surface area contributed by atoms with Crippen LogP contribution in [0.2, 0.25) is 0 Å². The van der Waals surface area contributed by atoms with E-state index in [-0.39, 0.29) is 35.6 Å². The van der Waals surface area contributed by atoms with E-state index in [1.807, 2.05) is 12.2 Å². The predicted molar refractivity (Wildman–Crippen MR) is 188 cm³/mol. The number of fused-ring (bicyclic) bond motifs is 3. The topological polar surface area (TPSA) is 0 Å². The van der Waals surface area contributed by atoms with Crippen molar-refractivity contribution >= 4 is 31.7 Å². The summed E-state index contributed by atoms with van der Waals surface area (Å²) in [6.45, 7) is 16.7. The number of hydrogen-bond acceptors (Lipinski definition) is 0. The van der Waals surface area contributed by atoms with Crippen molar-refractivity contribution in [1.29, 1.82) is 0 Å². The van der Waals surface area contributed by atoms with Crippen molar-refractivity contribution in [2.24, 2.45) is 0 Å². The summed E-state index contributed by atoms with van der Waals surface area (Å²) >= 11 is 1.36. The second-order valence-corrected chi connectivity index (χ2v) is 13.2. The maximum absolute atomic E-state index is 3.53. The molecule has 0 nitrogen and oxygen atoms in total. The molecule has 2 fully saturated rings. The molecule has 4 aliphatic carbocycles. The van der Waals surface area contributed by atoms with Gasteiger partial charge < -0.3 is 12.8 Å². The summed E-state index contributed by atoms with van der Waals surface area (Å²) < 4.78 is 0. The molecular formula is C38H54Cl2SiZr-4. The molecule has 0 saturated heterocycles. The van der Waals surface area contributed by atoms with Gasteiger partial charge in [-0.2, -0.15) is 61.1 Å². The van der Waals surface area contributed by atoms with Crippen molar-refractivity contribution in [2.45, 2.75) is 129 Å². The molecule has 0 unspecified atom stereocenters. The standard InChI is InChI=1S/C21H25.2C6H11.C5H5.2ClH.Si.Zr/c1-20(2,3)16-9-7-14-11-15-8-10-17(21(4,5)6)13-19(15)18(14)12-16;2*1-2-4-6-5-3-1;1-2-4-5-3-1;;;;/h7,9-10,12-13H,11H2,1-6H3;2*1H,2-6H2;1-3H,4H2;2*1H;;/q4*-1;;;;. The van der Waals surface area contributed by atoms with Gasteiger partial charge in [-0.15, -0.1) is 36.8 Å². The van der Waals surface area contributed by atoms with Crippen molar-refractivity contribution in [2.75, 3.05) is 0 Å². The van der Waals surface area contributed by atoms with Crippen LogP contribution in [0.15, 0.2) is 48.6 Å². The van der Waals surface area contributed by atoms with Gasteiger partial charge in [0, 0.05) is 0 Å². The summed E-state index contributed by atoms with van der Waals surface area (Å²) in [6.07, 6.45) is 30.0. The second kappa shape index (κ2) is 22.2. The normalized spacial score (nSPS) is 16.0. The van der Waals surface area contributed by atoms with Gasteiger partial charge in [-0.3, -0.25) is 6.08 Å². The minimum absolute atomic E-state index is 0. The van der Waals surface area contributed by atoms with Crippen LogP contribution in [0, 0.1) is 25.0 Å². The zero-order chi connectivity index (χ0) is 29.4. The minimum atomic E-state index is 0. The van der Waals surface area contributed by atoms with E-state index < -0.39 is 0 Å². The first-order valence-electron chi connectivity index (χ1n) is 15.4. The first-order valence-corrected chi connectivity index (χ1v) is 19.6. The molecule has 0 atom stereocenters. The third kappa shape index (κ3) is 15.1. The first kappa shape index (κ1) is 41.6. The Morgan fingerprint density at radius 2 is 1.24 bits per heavy atom. The molecule has 0 spiro atoms. The average molecular weight is 701 g/mol. The Morgan fingerprint density at radius 3 is 1.60 bits per heavy atom. The monoisotopic (exact) mass is 698 g/mol. The van der Waals surface area contributed by atoms with Crippen LogP contribution in [0.1, 0.15) is 134 Å². The molecule has 4 heteroatoms. The van der Waals surface area contributed by atoms with Crippen LogP contribution in [0.3, 0.4) is 0 Å². The summed E-state index contributed by atoms with van der Waals surface area (Å²) in [5.74, 6) is 0. The predicted octanol–water partition coefficient (Wildman–Crippen LogP) is 11.7. The fourth-order valence-electron chi connectivity index (χ4n) is 5.12. The molecule has 232 valence electrons. The van der Waals surface area contributed by atoms with Gasteiger partial charge in [0.05, 0.1) is 0 Å². The fraction of sp³-hybridized carbons (Fsp3) is 0.526. The van der Waals surface area contributed by atoms with Crippen LogP contribution in [-0.4, -0.2) is 6.88 Å². The zero-order valence-electron chi connectivity index (χ0n) is 27.1. The number of benzene rings is 2. The van der Waals surface area contributed by atoms with E-state index in [2.05, 4.69) is 110 Å². The van der Waals surface area contributed by atoms with Gasteiger partial charge in [-0.25, -0.2) is 12.2 Å². The van der Waals surface area contributed by atoms with Crippen LogP contribution in [0.4, 0.5) is 0 Å². The molecule has 2 radical (unpaired) electrons. The first-order chi connectivity index (χ1) is 19.2. The summed E-state index contributed by atoms with van der Waals surface area (Å²) in [5.41, 5.74) is 8.76. The third-order valence-electron chi connectivity index (χ3n) is 7.75. The van der Waals surface area contributed by atoms with E-state index in [4.69, 9.17) is 0 Å². The van der Waals surface area contributed by atoms with Crippen molar-refractivity contribution < 1.29 is 23.3 Å². The number of hydrogen-bond donors (Lipinski definition) is 0. The molecule has 4 aliphatic rings. The molecule has 2 aromatic rings. The van der Waals surface area contributed by atoms with E-state index in [1.165, 1.54) is 121 Å². The average Bonchev–Trinajstić information content (AvgIpc) is 3.67. The van der Waals surface area contributed by atoms with Crippen LogP contribution < -0.4 is 0 Å². The molecule has 0 bridgehead atoms. The quantitative estimate of drug-likeness (QED) is 0.162. The Bertz CT molecular complexity index is 961. The van der Waals surface area contributed by atoms with Crippen LogP contribution in [0.25, 0.3) is 11.1 Å². The molecule has 42 heavy (non-hydrogen) atoms. The van der Waals surface area contributed by atoms with Gasteiger partial charge in [-0.1, -0.05) is 115 Å². The Kier molecular flexibility index (Phi) is 21.9. The van der Waals surface area contributed by atoms with Gasteiger partial charge in [0.2, 0.25) is 0 Å². The Balaban J connectivity index is 0.000000651.